The monoisotopic (exact) mass is 246 g/mol. The zero-order valence-electron chi connectivity index (χ0n) is 10.7. The molecule has 0 saturated heterocycles. The van der Waals surface area contributed by atoms with E-state index in [2.05, 4.69) is 5.32 Å². The molecule has 0 aromatic heterocycles. The zero-order valence-corrected chi connectivity index (χ0v) is 10.7. The summed E-state index contributed by atoms with van der Waals surface area (Å²) in [4.78, 5) is 23.7. The Morgan fingerprint density at radius 1 is 1.35 bits per heavy atom. The highest BCUT2D eigenvalue weighted by Gasteiger charge is 2.13. The van der Waals surface area contributed by atoms with Gasteiger partial charge in [-0.3, -0.25) is 14.5 Å². The molecular weight excluding hydrogens is 224 g/mol. The van der Waals surface area contributed by atoms with Crippen molar-refractivity contribution in [3.8, 4) is 0 Å². The predicted octanol–water partition coefficient (Wildman–Crippen LogP) is -0.208. The molecule has 6 heteroatoms. The SMILES string of the molecule is COCCN(CC(=O)O)CC(=O)NCC(C)C. The largest absolute Gasteiger partial charge is 0.480 e. The molecule has 0 aliphatic heterocycles. The second-order valence-electron chi connectivity index (χ2n) is 4.30. The number of hydrogen-bond acceptors (Lipinski definition) is 4. The van der Waals surface area contributed by atoms with E-state index in [-0.39, 0.29) is 19.0 Å². The number of hydrogen-bond donors (Lipinski definition) is 2. The highest BCUT2D eigenvalue weighted by molar-refractivity contribution is 5.79. The molecule has 0 unspecified atom stereocenters. The number of aliphatic carboxylic acids is 1. The third-order valence-corrected chi connectivity index (χ3v) is 2.05. The Balaban J connectivity index is 4.02. The average Bonchev–Trinajstić information content (AvgIpc) is 2.22. The van der Waals surface area contributed by atoms with E-state index in [1.165, 1.54) is 7.11 Å². The summed E-state index contributed by atoms with van der Waals surface area (Å²) >= 11 is 0. The minimum atomic E-state index is -0.947. The molecule has 0 radical (unpaired) electrons. The lowest BCUT2D eigenvalue weighted by atomic mass is 10.2. The Morgan fingerprint density at radius 3 is 2.47 bits per heavy atom. The standard InChI is InChI=1S/C11H22N2O4/c1-9(2)6-12-10(14)7-13(4-5-17-3)8-11(15)16/h9H,4-8H2,1-3H3,(H,12,14)(H,15,16). The Labute approximate surface area is 102 Å². The summed E-state index contributed by atoms with van der Waals surface area (Å²) in [6.45, 7) is 5.37. The van der Waals surface area contributed by atoms with Crippen LogP contribution < -0.4 is 5.32 Å². The Kier molecular flexibility index (Phi) is 8.35. The Morgan fingerprint density at radius 2 is 2.00 bits per heavy atom. The summed E-state index contributed by atoms with van der Waals surface area (Å²) in [6, 6.07) is 0. The maximum absolute atomic E-state index is 11.5. The number of carbonyl (C=O) groups excluding carboxylic acids is 1. The number of carbonyl (C=O) groups is 2. The van der Waals surface area contributed by atoms with Crippen LogP contribution in [0.25, 0.3) is 0 Å². The normalized spacial score (nSPS) is 10.9. The van der Waals surface area contributed by atoms with E-state index < -0.39 is 5.97 Å². The summed E-state index contributed by atoms with van der Waals surface area (Å²) in [5.41, 5.74) is 0. The first-order valence-corrected chi connectivity index (χ1v) is 5.65. The van der Waals surface area contributed by atoms with Crippen molar-refractivity contribution >= 4 is 11.9 Å². The van der Waals surface area contributed by atoms with Gasteiger partial charge in [-0.1, -0.05) is 13.8 Å². The molecule has 100 valence electrons. The van der Waals surface area contributed by atoms with E-state index in [1.54, 1.807) is 4.90 Å². The van der Waals surface area contributed by atoms with Crippen LogP contribution in [-0.2, 0) is 14.3 Å². The van der Waals surface area contributed by atoms with Gasteiger partial charge in [-0.2, -0.15) is 0 Å². The van der Waals surface area contributed by atoms with Crippen LogP contribution in [0.3, 0.4) is 0 Å². The third-order valence-electron chi connectivity index (χ3n) is 2.05. The summed E-state index contributed by atoms with van der Waals surface area (Å²) in [5, 5.41) is 11.4. The molecule has 0 bridgehead atoms. The maximum atomic E-state index is 11.5. The van der Waals surface area contributed by atoms with Crippen molar-refractivity contribution in [2.24, 2.45) is 5.92 Å². The fourth-order valence-corrected chi connectivity index (χ4v) is 1.20. The lowest BCUT2D eigenvalue weighted by Crippen LogP contribution is -2.42. The van der Waals surface area contributed by atoms with Gasteiger partial charge in [-0.05, 0) is 5.92 Å². The summed E-state index contributed by atoms with van der Waals surface area (Å²) in [5.74, 6) is -0.723. The van der Waals surface area contributed by atoms with Crippen LogP contribution in [0.1, 0.15) is 13.8 Å². The average molecular weight is 246 g/mol. The minimum Gasteiger partial charge on any atom is -0.480 e. The zero-order chi connectivity index (χ0) is 13.3. The quantitative estimate of drug-likeness (QED) is 0.588. The van der Waals surface area contributed by atoms with Crippen molar-refractivity contribution in [1.82, 2.24) is 10.2 Å². The van der Waals surface area contributed by atoms with Gasteiger partial charge in [0.25, 0.3) is 0 Å². The van der Waals surface area contributed by atoms with Gasteiger partial charge in [-0.25, -0.2) is 0 Å². The molecule has 1 amide bonds. The van der Waals surface area contributed by atoms with Crippen LogP contribution in [0, 0.1) is 5.92 Å². The van der Waals surface area contributed by atoms with Crippen LogP contribution in [-0.4, -0.2) is 61.8 Å². The molecule has 2 N–H and O–H groups in total. The molecule has 0 atom stereocenters. The summed E-state index contributed by atoms with van der Waals surface area (Å²) < 4.78 is 4.87. The first-order valence-electron chi connectivity index (χ1n) is 5.65. The van der Waals surface area contributed by atoms with E-state index in [1.807, 2.05) is 13.8 Å². The van der Waals surface area contributed by atoms with Gasteiger partial charge < -0.3 is 15.2 Å². The lowest BCUT2D eigenvalue weighted by molar-refractivity contribution is -0.138. The smallest absolute Gasteiger partial charge is 0.317 e. The second kappa shape index (κ2) is 8.95. The molecule has 0 rings (SSSR count). The number of amides is 1. The van der Waals surface area contributed by atoms with Gasteiger partial charge in [0.15, 0.2) is 0 Å². The Hall–Kier alpha value is -1.14. The molecule has 0 heterocycles. The first kappa shape index (κ1) is 15.9. The molecule has 0 spiro atoms. The summed E-state index contributed by atoms with van der Waals surface area (Å²) in [7, 11) is 1.54. The van der Waals surface area contributed by atoms with Gasteiger partial charge in [0.1, 0.15) is 0 Å². The van der Waals surface area contributed by atoms with E-state index in [9.17, 15) is 9.59 Å². The number of carboxylic acid groups (broad SMARTS) is 1. The first-order chi connectivity index (χ1) is 7.95. The molecule has 0 aromatic rings. The highest BCUT2D eigenvalue weighted by Crippen LogP contribution is 1.91. The van der Waals surface area contributed by atoms with Crippen molar-refractivity contribution < 1.29 is 19.4 Å². The minimum absolute atomic E-state index is 0.0857. The van der Waals surface area contributed by atoms with Crippen molar-refractivity contribution in [2.45, 2.75) is 13.8 Å². The van der Waals surface area contributed by atoms with Gasteiger partial charge >= 0.3 is 5.97 Å². The van der Waals surface area contributed by atoms with E-state index in [0.717, 1.165) is 0 Å². The summed E-state index contributed by atoms with van der Waals surface area (Å²) in [6.07, 6.45) is 0. The number of methoxy groups -OCH3 is 1. The predicted molar refractivity (Wildman–Crippen MR) is 63.8 cm³/mol. The maximum Gasteiger partial charge on any atom is 0.317 e. The van der Waals surface area contributed by atoms with Crippen molar-refractivity contribution in [1.29, 1.82) is 0 Å². The van der Waals surface area contributed by atoms with Gasteiger partial charge in [0.2, 0.25) is 5.91 Å². The van der Waals surface area contributed by atoms with Crippen molar-refractivity contribution in [3.05, 3.63) is 0 Å². The molecular formula is C11H22N2O4. The number of rotatable bonds is 9. The number of nitrogens with one attached hydrogen (secondary N) is 1. The lowest BCUT2D eigenvalue weighted by Gasteiger charge is -2.19. The molecule has 17 heavy (non-hydrogen) atoms. The number of carboxylic acids is 1. The van der Waals surface area contributed by atoms with Gasteiger partial charge in [-0.15, -0.1) is 0 Å². The molecule has 6 nitrogen and oxygen atoms in total. The van der Waals surface area contributed by atoms with Crippen LogP contribution in [0.5, 0.6) is 0 Å². The van der Waals surface area contributed by atoms with Crippen LogP contribution >= 0.6 is 0 Å². The van der Waals surface area contributed by atoms with Crippen molar-refractivity contribution in [2.75, 3.05) is 39.9 Å². The van der Waals surface area contributed by atoms with Crippen LogP contribution in [0.2, 0.25) is 0 Å². The van der Waals surface area contributed by atoms with E-state index in [0.29, 0.717) is 25.6 Å². The molecule has 0 saturated carbocycles. The van der Waals surface area contributed by atoms with E-state index >= 15 is 0 Å². The molecule has 0 aliphatic rings. The van der Waals surface area contributed by atoms with Gasteiger partial charge in [0.05, 0.1) is 19.7 Å². The third kappa shape index (κ3) is 9.77. The fourth-order valence-electron chi connectivity index (χ4n) is 1.20. The van der Waals surface area contributed by atoms with E-state index in [4.69, 9.17) is 9.84 Å². The van der Waals surface area contributed by atoms with Crippen LogP contribution in [0.15, 0.2) is 0 Å². The molecule has 0 fully saturated rings. The van der Waals surface area contributed by atoms with Crippen molar-refractivity contribution in [3.63, 3.8) is 0 Å². The topological polar surface area (TPSA) is 78.9 Å². The highest BCUT2D eigenvalue weighted by atomic mass is 16.5. The Bertz CT molecular complexity index is 244. The number of ether oxygens (including phenoxy) is 1. The van der Waals surface area contributed by atoms with Crippen LogP contribution in [0.4, 0.5) is 0 Å². The molecule has 0 aromatic carbocycles. The molecule has 0 aliphatic carbocycles. The number of nitrogens with zero attached hydrogens (tertiary/aromatic N) is 1. The second-order valence-corrected chi connectivity index (χ2v) is 4.30. The fraction of sp³-hybridized carbons (Fsp3) is 0.818. The van der Waals surface area contributed by atoms with Gasteiger partial charge in [0, 0.05) is 20.2 Å².